The SMILES string of the molecule is NC(=O)CN(Cc1cccc(N)c1)C(N)=O. The van der Waals surface area contributed by atoms with Crippen LogP contribution in [0.3, 0.4) is 0 Å². The number of hydrogen-bond donors (Lipinski definition) is 3. The Morgan fingerprint density at radius 1 is 1.25 bits per heavy atom. The molecule has 0 bridgehead atoms. The van der Waals surface area contributed by atoms with Gasteiger partial charge in [-0.1, -0.05) is 12.1 Å². The summed E-state index contributed by atoms with van der Waals surface area (Å²) in [6.45, 7) is 0.00739. The van der Waals surface area contributed by atoms with Crippen molar-refractivity contribution in [1.82, 2.24) is 4.90 Å². The van der Waals surface area contributed by atoms with Crippen LogP contribution in [-0.2, 0) is 11.3 Å². The fourth-order valence-corrected chi connectivity index (χ4v) is 1.31. The molecular weight excluding hydrogens is 208 g/mol. The molecule has 0 spiro atoms. The van der Waals surface area contributed by atoms with Gasteiger partial charge < -0.3 is 22.1 Å². The van der Waals surface area contributed by atoms with Gasteiger partial charge in [-0.25, -0.2) is 4.79 Å². The van der Waals surface area contributed by atoms with Crippen molar-refractivity contribution in [2.45, 2.75) is 6.54 Å². The highest BCUT2D eigenvalue weighted by molar-refractivity contribution is 5.82. The van der Waals surface area contributed by atoms with Crippen LogP contribution in [0.15, 0.2) is 24.3 Å². The summed E-state index contributed by atoms with van der Waals surface area (Å²) in [7, 11) is 0. The fourth-order valence-electron chi connectivity index (χ4n) is 1.31. The van der Waals surface area contributed by atoms with E-state index in [0.29, 0.717) is 5.69 Å². The molecule has 0 saturated heterocycles. The molecule has 16 heavy (non-hydrogen) atoms. The second kappa shape index (κ2) is 5.01. The van der Waals surface area contributed by atoms with Crippen LogP contribution >= 0.6 is 0 Å². The smallest absolute Gasteiger partial charge is 0.315 e. The molecule has 0 aromatic heterocycles. The van der Waals surface area contributed by atoms with Gasteiger partial charge in [0.25, 0.3) is 0 Å². The number of hydrogen-bond acceptors (Lipinski definition) is 3. The maximum Gasteiger partial charge on any atom is 0.315 e. The maximum absolute atomic E-state index is 11.0. The van der Waals surface area contributed by atoms with E-state index in [9.17, 15) is 9.59 Å². The van der Waals surface area contributed by atoms with Crippen LogP contribution in [0.1, 0.15) is 5.56 Å². The van der Waals surface area contributed by atoms with Crippen molar-refractivity contribution in [3.63, 3.8) is 0 Å². The predicted molar refractivity (Wildman–Crippen MR) is 60.0 cm³/mol. The Morgan fingerprint density at radius 2 is 1.94 bits per heavy atom. The third-order valence-corrected chi connectivity index (χ3v) is 1.98. The van der Waals surface area contributed by atoms with E-state index in [0.717, 1.165) is 10.5 Å². The lowest BCUT2D eigenvalue weighted by Crippen LogP contribution is -2.41. The van der Waals surface area contributed by atoms with Crippen molar-refractivity contribution in [1.29, 1.82) is 0 Å². The Balaban J connectivity index is 2.75. The number of nitrogen functional groups attached to an aromatic ring is 1. The van der Waals surface area contributed by atoms with E-state index in [1.54, 1.807) is 24.3 Å². The summed E-state index contributed by atoms with van der Waals surface area (Å²) in [4.78, 5) is 22.9. The Morgan fingerprint density at radius 3 is 2.44 bits per heavy atom. The van der Waals surface area contributed by atoms with Crippen molar-refractivity contribution >= 4 is 17.6 Å². The zero-order chi connectivity index (χ0) is 12.1. The van der Waals surface area contributed by atoms with Gasteiger partial charge in [-0.2, -0.15) is 0 Å². The van der Waals surface area contributed by atoms with Crippen LogP contribution in [0.25, 0.3) is 0 Å². The minimum absolute atomic E-state index is 0.204. The molecule has 1 aromatic carbocycles. The zero-order valence-corrected chi connectivity index (χ0v) is 8.72. The van der Waals surface area contributed by atoms with E-state index in [1.165, 1.54) is 0 Å². The highest BCUT2D eigenvalue weighted by atomic mass is 16.2. The van der Waals surface area contributed by atoms with E-state index in [2.05, 4.69) is 0 Å². The number of amides is 3. The lowest BCUT2D eigenvalue weighted by atomic mass is 10.2. The number of carbonyl (C=O) groups is 2. The molecule has 6 N–H and O–H groups in total. The Bertz CT molecular complexity index is 406. The number of carbonyl (C=O) groups excluding carboxylic acids is 2. The second-order valence-corrected chi connectivity index (χ2v) is 3.41. The van der Waals surface area contributed by atoms with Gasteiger partial charge in [-0.3, -0.25) is 4.79 Å². The Kier molecular flexibility index (Phi) is 3.71. The standard InChI is InChI=1S/C10H14N4O2/c11-8-3-1-2-7(4-8)5-14(10(13)16)6-9(12)15/h1-4H,5-6,11H2,(H2,12,15)(H2,13,16). The average molecular weight is 222 g/mol. The van der Waals surface area contributed by atoms with Crippen LogP contribution in [0, 0.1) is 0 Å². The number of nitrogens with zero attached hydrogens (tertiary/aromatic N) is 1. The van der Waals surface area contributed by atoms with Crippen molar-refractivity contribution in [2.75, 3.05) is 12.3 Å². The molecule has 6 nitrogen and oxygen atoms in total. The summed E-state index contributed by atoms with van der Waals surface area (Å²) in [5.41, 5.74) is 17.1. The maximum atomic E-state index is 11.0. The second-order valence-electron chi connectivity index (χ2n) is 3.41. The molecule has 0 unspecified atom stereocenters. The van der Waals surface area contributed by atoms with Gasteiger partial charge >= 0.3 is 6.03 Å². The first-order chi connectivity index (χ1) is 7.49. The van der Waals surface area contributed by atoms with E-state index >= 15 is 0 Å². The summed E-state index contributed by atoms with van der Waals surface area (Å²) in [6, 6.07) is 6.28. The highest BCUT2D eigenvalue weighted by Gasteiger charge is 2.12. The monoisotopic (exact) mass is 222 g/mol. The van der Waals surface area contributed by atoms with E-state index < -0.39 is 11.9 Å². The number of nitrogens with two attached hydrogens (primary N) is 3. The van der Waals surface area contributed by atoms with Gasteiger partial charge in [0.05, 0.1) is 0 Å². The van der Waals surface area contributed by atoms with Gasteiger partial charge in [0.1, 0.15) is 6.54 Å². The highest BCUT2D eigenvalue weighted by Crippen LogP contribution is 2.09. The molecule has 0 aliphatic rings. The summed E-state index contributed by atoms with van der Waals surface area (Å²) in [5, 5.41) is 0. The first kappa shape index (κ1) is 11.8. The van der Waals surface area contributed by atoms with Gasteiger partial charge in [0, 0.05) is 12.2 Å². The minimum Gasteiger partial charge on any atom is -0.399 e. The molecule has 3 amide bonds. The zero-order valence-electron chi connectivity index (χ0n) is 8.72. The third kappa shape index (κ3) is 3.49. The predicted octanol–water partition coefficient (Wildman–Crippen LogP) is -0.365. The lowest BCUT2D eigenvalue weighted by Gasteiger charge is -2.18. The largest absolute Gasteiger partial charge is 0.399 e. The first-order valence-corrected chi connectivity index (χ1v) is 4.66. The van der Waals surface area contributed by atoms with Crippen molar-refractivity contribution < 1.29 is 9.59 Å². The molecular formula is C10H14N4O2. The average Bonchev–Trinajstić information content (AvgIpc) is 2.15. The fraction of sp³-hybridized carbons (Fsp3) is 0.200. The molecule has 1 aromatic rings. The normalized spacial score (nSPS) is 9.75. The summed E-state index contributed by atoms with van der Waals surface area (Å²) in [5.74, 6) is -0.609. The topological polar surface area (TPSA) is 115 Å². The number of anilines is 1. The van der Waals surface area contributed by atoms with Crippen LogP contribution in [0.4, 0.5) is 10.5 Å². The van der Waals surface area contributed by atoms with Crippen LogP contribution in [0.5, 0.6) is 0 Å². The minimum atomic E-state index is -0.693. The number of rotatable bonds is 4. The van der Waals surface area contributed by atoms with Gasteiger partial charge in [0.2, 0.25) is 5.91 Å². The summed E-state index contributed by atoms with van der Waals surface area (Å²) >= 11 is 0. The number of primary amides is 2. The van der Waals surface area contributed by atoms with Gasteiger partial charge in [0.15, 0.2) is 0 Å². The molecule has 0 heterocycles. The van der Waals surface area contributed by atoms with Crippen molar-refractivity contribution in [3.05, 3.63) is 29.8 Å². The van der Waals surface area contributed by atoms with Gasteiger partial charge in [-0.15, -0.1) is 0 Å². The molecule has 0 atom stereocenters. The summed E-state index contributed by atoms with van der Waals surface area (Å²) in [6.07, 6.45) is 0. The molecule has 0 aliphatic heterocycles. The van der Waals surface area contributed by atoms with E-state index in [4.69, 9.17) is 17.2 Å². The van der Waals surface area contributed by atoms with Crippen LogP contribution < -0.4 is 17.2 Å². The molecule has 0 fully saturated rings. The molecule has 1 rings (SSSR count). The quantitative estimate of drug-likeness (QED) is 0.604. The van der Waals surface area contributed by atoms with Crippen molar-refractivity contribution in [2.24, 2.45) is 11.5 Å². The van der Waals surface area contributed by atoms with Crippen LogP contribution in [-0.4, -0.2) is 23.4 Å². The Labute approximate surface area is 93.0 Å². The van der Waals surface area contributed by atoms with E-state index in [-0.39, 0.29) is 13.1 Å². The molecule has 0 radical (unpaired) electrons. The van der Waals surface area contributed by atoms with Crippen LogP contribution in [0.2, 0.25) is 0 Å². The molecule has 86 valence electrons. The Hall–Kier alpha value is -2.24. The van der Waals surface area contributed by atoms with E-state index in [1.807, 2.05) is 0 Å². The molecule has 6 heteroatoms. The lowest BCUT2D eigenvalue weighted by molar-refractivity contribution is -0.118. The first-order valence-electron chi connectivity index (χ1n) is 4.66. The van der Waals surface area contributed by atoms with Gasteiger partial charge in [-0.05, 0) is 17.7 Å². The molecule has 0 aliphatic carbocycles. The summed E-state index contributed by atoms with van der Waals surface area (Å²) < 4.78 is 0. The number of benzene rings is 1. The third-order valence-electron chi connectivity index (χ3n) is 1.98. The van der Waals surface area contributed by atoms with Crippen molar-refractivity contribution in [3.8, 4) is 0 Å². The molecule has 0 saturated carbocycles. The number of urea groups is 1.